The average molecular weight is 387 g/mol. The molecule has 0 bridgehead atoms. The number of nitrogens with zero attached hydrogens (tertiary/aromatic N) is 2. The van der Waals surface area contributed by atoms with Gasteiger partial charge in [-0.1, -0.05) is 25.7 Å². The number of rotatable bonds is 6. The fraction of sp³-hybridized carbons (Fsp3) is 0.789. The molecule has 3 saturated carbocycles. The number of halogens is 4. The van der Waals surface area contributed by atoms with Gasteiger partial charge in [0.2, 0.25) is 5.91 Å². The van der Waals surface area contributed by atoms with E-state index in [0.717, 1.165) is 36.9 Å². The number of amides is 1. The molecule has 0 saturated heterocycles. The van der Waals surface area contributed by atoms with Crippen LogP contribution in [-0.4, -0.2) is 27.5 Å². The molecule has 0 aliphatic heterocycles. The topological polar surface area (TPSA) is 46.9 Å². The molecule has 0 aromatic carbocycles. The number of nitrogens with one attached hydrogen (secondary N) is 1. The fourth-order valence-corrected chi connectivity index (χ4v) is 4.34. The van der Waals surface area contributed by atoms with Gasteiger partial charge in [0, 0.05) is 31.4 Å². The Balaban J connectivity index is 1.48. The Hall–Kier alpha value is -1.60. The lowest BCUT2D eigenvalue weighted by molar-refractivity contribution is -0.313. The smallest absolute Gasteiger partial charge is 0.311 e. The van der Waals surface area contributed by atoms with Crippen LogP contribution in [0.4, 0.5) is 23.4 Å². The van der Waals surface area contributed by atoms with E-state index in [2.05, 4.69) is 10.4 Å². The van der Waals surface area contributed by atoms with Gasteiger partial charge in [-0.3, -0.25) is 9.48 Å². The van der Waals surface area contributed by atoms with Crippen molar-refractivity contribution in [2.45, 2.75) is 75.6 Å². The number of carbonyl (C=O) groups is 1. The number of aryl methyl sites for hydroxylation is 1. The van der Waals surface area contributed by atoms with Gasteiger partial charge in [0.1, 0.15) is 5.82 Å². The second-order valence-corrected chi connectivity index (χ2v) is 8.44. The van der Waals surface area contributed by atoms with Crippen LogP contribution in [0.25, 0.3) is 0 Å². The van der Waals surface area contributed by atoms with E-state index in [0.29, 0.717) is 17.7 Å². The quantitative estimate of drug-likeness (QED) is 0.723. The number of anilines is 1. The Morgan fingerprint density at radius 2 is 1.85 bits per heavy atom. The molecule has 27 heavy (non-hydrogen) atoms. The van der Waals surface area contributed by atoms with Crippen LogP contribution < -0.4 is 5.32 Å². The molecule has 8 heteroatoms. The molecular weight excluding hydrogens is 362 g/mol. The lowest BCUT2D eigenvalue weighted by Gasteiger charge is -2.43. The van der Waals surface area contributed by atoms with Gasteiger partial charge in [-0.25, -0.2) is 0 Å². The maximum absolute atomic E-state index is 13.5. The largest absolute Gasteiger partial charge is 0.313 e. The number of hydrogen-bond acceptors (Lipinski definition) is 2. The van der Waals surface area contributed by atoms with E-state index < -0.39 is 36.5 Å². The summed E-state index contributed by atoms with van der Waals surface area (Å²) in [5.41, 5.74) is 2.01. The highest BCUT2D eigenvalue weighted by Crippen LogP contribution is 2.56. The van der Waals surface area contributed by atoms with E-state index in [1.165, 1.54) is 19.3 Å². The Morgan fingerprint density at radius 3 is 2.33 bits per heavy atom. The minimum absolute atomic E-state index is 0.332. The van der Waals surface area contributed by atoms with Crippen LogP contribution in [0.1, 0.15) is 68.5 Å². The molecule has 0 radical (unpaired) electrons. The Morgan fingerprint density at radius 1 is 1.19 bits per heavy atom. The second-order valence-electron chi connectivity index (χ2n) is 8.44. The zero-order valence-electron chi connectivity index (χ0n) is 15.4. The first kappa shape index (κ1) is 18.7. The van der Waals surface area contributed by atoms with Crippen LogP contribution in [0, 0.1) is 11.8 Å². The highest BCUT2D eigenvalue weighted by molar-refractivity contribution is 5.91. The van der Waals surface area contributed by atoms with Gasteiger partial charge < -0.3 is 5.32 Å². The van der Waals surface area contributed by atoms with Gasteiger partial charge in [0.25, 0.3) is 0 Å². The van der Waals surface area contributed by atoms with Crippen molar-refractivity contribution < 1.29 is 22.4 Å². The Bertz CT molecular complexity index is 738. The summed E-state index contributed by atoms with van der Waals surface area (Å²) in [6.07, 6.45) is 6.12. The van der Waals surface area contributed by atoms with Crippen molar-refractivity contribution in [3.05, 3.63) is 11.3 Å². The molecule has 4 nitrogen and oxygen atoms in total. The third kappa shape index (κ3) is 3.14. The number of carbonyl (C=O) groups excluding carboxylic acids is 1. The Labute approximate surface area is 155 Å². The molecule has 3 aliphatic carbocycles. The first-order valence-electron chi connectivity index (χ1n) is 9.80. The first-order valence-corrected chi connectivity index (χ1v) is 9.80. The number of hydrogen-bond donors (Lipinski definition) is 1. The lowest BCUT2D eigenvalue weighted by Crippen LogP contribution is -2.59. The molecule has 1 aromatic rings. The van der Waals surface area contributed by atoms with Crippen LogP contribution in [0.15, 0.2) is 0 Å². The number of alkyl halides is 4. The predicted molar refractivity (Wildman–Crippen MR) is 92.1 cm³/mol. The van der Waals surface area contributed by atoms with Crippen LogP contribution in [-0.2, 0) is 18.3 Å². The standard InChI is InChI=1S/C19H25F4N3O/c1-26-17(24-15(27)9-13-10-18(20,21)19(13,22)23)16(12-6-3-7-12)14(25-26)8-11-4-2-5-11/h11-13H,2-10H2,1H3,(H,24,27)/t13-/m0/s1. The van der Waals surface area contributed by atoms with Crippen molar-refractivity contribution in [1.29, 1.82) is 0 Å². The van der Waals surface area contributed by atoms with Gasteiger partial charge in [0.05, 0.1) is 5.69 Å². The molecular formula is C19H25F4N3O. The molecule has 0 spiro atoms. The minimum Gasteiger partial charge on any atom is -0.311 e. The van der Waals surface area contributed by atoms with Crippen molar-refractivity contribution in [1.82, 2.24) is 9.78 Å². The van der Waals surface area contributed by atoms with Crippen molar-refractivity contribution >= 4 is 11.7 Å². The van der Waals surface area contributed by atoms with Gasteiger partial charge >= 0.3 is 11.8 Å². The lowest BCUT2D eigenvalue weighted by atomic mass is 9.74. The summed E-state index contributed by atoms with van der Waals surface area (Å²) in [5.74, 6) is -8.86. The summed E-state index contributed by atoms with van der Waals surface area (Å²) in [7, 11) is 1.73. The zero-order chi connectivity index (χ0) is 19.4. The fourth-order valence-electron chi connectivity index (χ4n) is 4.34. The van der Waals surface area contributed by atoms with Crippen LogP contribution in [0.3, 0.4) is 0 Å². The highest BCUT2D eigenvalue weighted by atomic mass is 19.3. The molecule has 1 amide bonds. The summed E-state index contributed by atoms with van der Waals surface area (Å²) >= 11 is 0. The van der Waals surface area contributed by atoms with Gasteiger partial charge in [-0.2, -0.15) is 22.7 Å². The Kier molecular flexibility index (Phi) is 4.50. The van der Waals surface area contributed by atoms with E-state index in [1.807, 2.05) is 0 Å². The van der Waals surface area contributed by atoms with Gasteiger partial charge in [0.15, 0.2) is 0 Å². The molecule has 150 valence electrons. The van der Waals surface area contributed by atoms with Crippen molar-refractivity contribution in [3.63, 3.8) is 0 Å². The molecule has 1 N–H and O–H groups in total. The van der Waals surface area contributed by atoms with E-state index in [-0.39, 0.29) is 0 Å². The van der Waals surface area contributed by atoms with Crippen molar-refractivity contribution in [2.24, 2.45) is 18.9 Å². The van der Waals surface area contributed by atoms with E-state index in [1.54, 1.807) is 11.7 Å². The minimum atomic E-state index is -4.11. The van der Waals surface area contributed by atoms with Crippen molar-refractivity contribution in [3.8, 4) is 0 Å². The maximum Gasteiger partial charge on any atom is 0.313 e. The van der Waals surface area contributed by atoms with E-state index in [4.69, 9.17) is 0 Å². The van der Waals surface area contributed by atoms with Crippen molar-refractivity contribution in [2.75, 3.05) is 5.32 Å². The highest BCUT2D eigenvalue weighted by Gasteiger charge is 2.71. The SMILES string of the molecule is Cn1nc(CC2CCC2)c(C2CCC2)c1NC(=O)C[C@H]1CC(F)(F)C1(F)F. The summed E-state index contributed by atoms with van der Waals surface area (Å²) in [6, 6.07) is 0. The molecule has 3 aliphatic rings. The third-order valence-electron chi connectivity index (χ3n) is 6.57. The van der Waals surface area contributed by atoms with E-state index >= 15 is 0 Å². The molecule has 0 unspecified atom stereocenters. The third-order valence-corrected chi connectivity index (χ3v) is 6.57. The summed E-state index contributed by atoms with van der Waals surface area (Å²) < 4.78 is 54.6. The average Bonchev–Trinajstić information content (AvgIpc) is 2.77. The molecule has 3 fully saturated rings. The molecule has 1 heterocycles. The summed E-state index contributed by atoms with van der Waals surface area (Å²) in [4.78, 5) is 12.3. The summed E-state index contributed by atoms with van der Waals surface area (Å²) in [6.45, 7) is 0. The number of aromatic nitrogens is 2. The van der Waals surface area contributed by atoms with E-state index in [9.17, 15) is 22.4 Å². The second kappa shape index (κ2) is 6.48. The molecule has 1 atom stereocenters. The van der Waals surface area contributed by atoms with Crippen LogP contribution in [0.2, 0.25) is 0 Å². The maximum atomic E-state index is 13.5. The normalized spacial score (nSPS) is 26.8. The van der Waals surface area contributed by atoms with Gasteiger partial charge in [-0.05, 0) is 31.1 Å². The summed E-state index contributed by atoms with van der Waals surface area (Å²) in [5, 5.41) is 7.29. The molecule has 4 rings (SSSR count). The predicted octanol–water partition coefficient (Wildman–Crippen LogP) is 4.65. The van der Waals surface area contributed by atoms with Crippen LogP contribution >= 0.6 is 0 Å². The molecule has 1 aromatic heterocycles. The zero-order valence-corrected chi connectivity index (χ0v) is 15.4. The van der Waals surface area contributed by atoms with Gasteiger partial charge in [-0.15, -0.1) is 0 Å². The monoisotopic (exact) mass is 387 g/mol. The first-order chi connectivity index (χ1) is 12.7. The van der Waals surface area contributed by atoms with Crippen LogP contribution in [0.5, 0.6) is 0 Å².